The van der Waals surface area contributed by atoms with Gasteiger partial charge < -0.3 is 9.84 Å². The Balaban J connectivity index is 1.39. The van der Waals surface area contributed by atoms with Crippen molar-refractivity contribution < 1.29 is 32.2 Å². The molecular formula is C31H31ClF4N2O3. The van der Waals surface area contributed by atoms with E-state index in [9.17, 15) is 23.1 Å². The van der Waals surface area contributed by atoms with Crippen molar-refractivity contribution in [2.24, 2.45) is 11.8 Å². The lowest BCUT2D eigenvalue weighted by molar-refractivity contribution is -0.138. The Kier molecular flexibility index (Phi) is 10.1. The lowest BCUT2D eigenvalue weighted by Gasteiger charge is -2.38. The number of carboxylic acids is 1. The Morgan fingerprint density at radius 1 is 1.20 bits per heavy atom. The predicted molar refractivity (Wildman–Crippen MR) is 150 cm³/mol. The van der Waals surface area contributed by atoms with E-state index in [1.807, 2.05) is 0 Å². The number of benzene rings is 2. The molecule has 1 fully saturated rings. The fourth-order valence-electron chi connectivity index (χ4n) is 5.42. The topological polar surface area (TPSA) is 62.7 Å². The largest absolute Gasteiger partial charge is 0.497 e. The quantitative estimate of drug-likeness (QED) is 0.206. The molecule has 0 radical (unpaired) electrons. The predicted octanol–water partition coefficient (Wildman–Crippen LogP) is 7.56. The van der Waals surface area contributed by atoms with E-state index < -0.39 is 23.9 Å². The average molecular weight is 591 g/mol. The summed E-state index contributed by atoms with van der Waals surface area (Å²) in [5, 5.41) is 9.92. The highest BCUT2D eigenvalue weighted by molar-refractivity contribution is 6.31. The van der Waals surface area contributed by atoms with Gasteiger partial charge in [-0.2, -0.15) is 13.2 Å². The van der Waals surface area contributed by atoms with Crippen LogP contribution in [0.2, 0.25) is 5.02 Å². The second-order valence-electron chi connectivity index (χ2n) is 10.3. The zero-order valence-corrected chi connectivity index (χ0v) is 23.3. The minimum absolute atomic E-state index is 0.0235. The van der Waals surface area contributed by atoms with Crippen LogP contribution in [0.1, 0.15) is 55.0 Å². The van der Waals surface area contributed by atoms with Crippen molar-refractivity contribution in [3.8, 4) is 17.6 Å². The molecule has 0 aliphatic carbocycles. The molecule has 1 aliphatic heterocycles. The summed E-state index contributed by atoms with van der Waals surface area (Å²) in [4.78, 5) is 17.7. The molecule has 2 heterocycles. The van der Waals surface area contributed by atoms with Crippen LogP contribution in [-0.2, 0) is 11.0 Å². The van der Waals surface area contributed by atoms with Gasteiger partial charge in [0.15, 0.2) is 0 Å². The molecule has 3 atom stereocenters. The number of fused-ring (bicyclic) bond motifs is 1. The summed E-state index contributed by atoms with van der Waals surface area (Å²) in [6.07, 6.45) is -1.90. The highest BCUT2D eigenvalue weighted by atomic mass is 35.5. The molecule has 41 heavy (non-hydrogen) atoms. The summed E-state index contributed by atoms with van der Waals surface area (Å²) in [5.74, 6) is 5.80. The molecule has 3 aromatic rings. The second kappa shape index (κ2) is 13.5. The third-order valence-corrected chi connectivity index (χ3v) is 7.95. The Hall–Kier alpha value is -3.35. The summed E-state index contributed by atoms with van der Waals surface area (Å²) in [6.45, 7) is 1.68. The molecule has 218 valence electrons. The number of ether oxygens (including phenoxy) is 1. The van der Waals surface area contributed by atoms with Crippen LogP contribution < -0.4 is 4.74 Å². The summed E-state index contributed by atoms with van der Waals surface area (Å²) in [5.41, 5.74) is 0.735. The number of nitrogens with zero attached hydrogens (tertiary/aromatic N) is 2. The molecule has 0 amide bonds. The maximum Gasteiger partial charge on any atom is 0.416 e. The molecule has 1 aliphatic rings. The van der Waals surface area contributed by atoms with Crippen molar-refractivity contribution >= 4 is 28.5 Å². The molecule has 10 heteroatoms. The Labute approximate surface area is 241 Å². The van der Waals surface area contributed by atoms with Crippen molar-refractivity contribution in [3.63, 3.8) is 0 Å². The number of alkyl halides is 4. The summed E-state index contributed by atoms with van der Waals surface area (Å²) in [6, 6.07) is 10.1. The number of rotatable bonds is 9. The first kappa shape index (κ1) is 30.6. The number of aromatic nitrogens is 1. The van der Waals surface area contributed by atoms with Crippen LogP contribution in [0.25, 0.3) is 10.9 Å². The van der Waals surface area contributed by atoms with Crippen molar-refractivity contribution in [2.45, 2.75) is 44.5 Å². The van der Waals surface area contributed by atoms with Crippen LogP contribution in [-0.4, -0.2) is 47.7 Å². The van der Waals surface area contributed by atoms with Gasteiger partial charge in [0, 0.05) is 30.1 Å². The fourth-order valence-corrected chi connectivity index (χ4v) is 5.65. The number of piperidine rings is 1. The van der Waals surface area contributed by atoms with Crippen LogP contribution in [0.3, 0.4) is 0 Å². The third-order valence-electron chi connectivity index (χ3n) is 7.64. The van der Waals surface area contributed by atoms with Gasteiger partial charge in [-0.3, -0.25) is 14.7 Å². The van der Waals surface area contributed by atoms with Crippen molar-refractivity contribution in [3.05, 3.63) is 70.4 Å². The minimum atomic E-state index is -4.48. The van der Waals surface area contributed by atoms with E-state index in [0.717, 1.165) is 18.6 Å². The van der Waals surface area contributed by atoms with Gasteiger partial charge in [-0.05, 0) is 92.1 Å². The molecule has 5 nitrogen and oxygen atoms in total. The number of halogens is 5. The Bertz CT molecular complexity index is 1440. The Morgan fingerprint density at radius 3 is 2.71 bits per heavy atom. The zero-order valence-electron chi connectivity index (χ0n) is 22.6. The summed E-state index contributed by atoms with van der Waals surface area (Å²) < 4.78 is 59.5. The molecule has 4 rings (SSSR count). The number of pyridine rings is 1. The highest BCUT2D eigenvalue weighted by Gasteiger charge is 2.31. The van der Waals surface area contributed by atoms with E-state index in [1.54, 1.807) is 37.6 Å². The molecule has 0 bridgehead atoms. The lowest BCUT2D eigenvalue weighted by Crippen LogP contribution is -2.41. The zero-order chi connectivity index (χ0) is 29.6. The first-order valence-electron chi connectivity index (χ1n) is 13.4. The molecule has 1 aromatic heterocycles. The van der Waals surface area contributed by atoms with E-state index in [1.165, 1.54) is 6.07 Å². The van der Waals surface area contributed by atoms with Crippen LogP contribution in [0, 0.1) is 23.7 Å². The van der Waals surface area contributed by atoms with Crippen molar-refractivity contribution in [2.75, 3.05) is 26.7 Å². The number of likely N-dealkylation sites (tertiary alicyclic amines) is 1. The number of aliphatic carboxylic acids is 1. The number of methoxy groups -OCH3 is 1. The van der Waals surface area contributed by atoms with E-state index in [2.05, 4.69) is 21.7 Å². The average Bonchev–Trinajstić information content (AvgIpc) is 2.94. The summed E-state index contributed by atoms with van der Waals surface area (Å²) in [7, 11) is 1.56. The molecule has 1 N–H and O–H groups in total. The molecule has 0 unspecified atom stereocenters. The van der Waals surface area contributed by atoms with Gasteiger partial charge in [-0.15, -0.1) is 0 Å². The molecule has 1 saturated heterocycles. The number of hydrogen-bond acceptors (Lipinski definition) is 4. The van der Waals surface area contributed by atoms with E-state index in [0.29, 0.717) is 66.7 Å². The van der Waals surface area contributed by atoms with Crippen LogP contribution in [0.4, 0.5) is 17.6 Å². The minimum Gasteiger partial charge on any atom is -0.497 e. The number of carbonyl (C=O) groups is 1. The Morgan fingerprint density at radius 2 is 2.00 bits per heavy atom. The van der Waals surface area contributed by atoms with Crippen molar-refractivity contribution in [1.82, 2.24) is 9.88 Å². The number of hydrogen-bond donors (Lipinski definition) is 1. The lowest BCUT2D eigenvalue weighted by atomic mass is 9.79. The van der Waals surface area contributed by atoms with E-state index in [-0.39, 0.29) is 23.3 Å². The first-order valence-corrected chi connectivity index (χ1v) is 13.8. The maximum atomic E-state index is 15.6. The molecule has 0 saturated carbocycles. The summed E-state index contributed by atoms with van der Waals surface area (Å²) >= 11 is 6.01. The number of carboxylic acid groups (broad SMARTS) is 1. The maximum absolute atomic E-state index is 15.6. The van der Waals surface area contributed by atoms with Gasteiger partial charge in [0.05, 0.1) is 29.8 Å². The highest BCUT2D eigenvalue weighted by Crippen LogP contribution is 2.37. The molecular weight excluding hydrogens is 560 g/mol. The van der Waals surface area contributed by atoms with E-state index >= 15 is 4.39 Å². The molecule has 2 aromatic carbocycles. The first-order chi connectivity index (χ1) is 19.5. The smallest absolute Gasteiger partial charge is 0.416 e. The van der Waals surface area contributed by atoms with E-state index in [4.69, 9.17) is 16.3 Å². The van der Waals surface area contributed by atoms with Crippen molar-refractivity contribution in [1.29, 1.82) is 0 Å². The normalized spacial score (nSPS) is 18.5. The van der Waals surface area contributed by atoms with Gasteiger partial charge in [0.25, 0.3) is 0 Å². The van der Waals surface area contributed by atoms with Gasteiger partial charge in [-0.1, -0.05) is 23.4 Å². The fraction of sp³-hybridized carbons (Fsp3) is 0.419. The monoisotopic (exact) mass is 590 g/mol. The molecule has 0 spiro atoms. The SMILES string of the molecule is COc1ccc2nccc([C@H](F)CC[C@@H]3CCN(CC#Cc4ccc(C(F)(F)F)cc4Cl)C[C@H]3CCC(=O)O)c2c1. The van der Waals surface area contributed by atoms with Crippen LogP contribution in [0.5, 0.6) is 5.75 Å². The van der Waals surface area contributed by atoms with Crippen LogP contribution >= 0.6 is 11.6 Å². The van der Waals surface area contributed by atoms with Gasteiger partial charge in [0.2, 0.25) is 0 Å². The van der Waals surface area contributed by atoms with Gasteiger partial charge in [0.1, 0.15) is 11.9 Å². The van der Waals surface area contributed by atoms with Crippen LogP contribution in [0.15, 0.2) is 48.7 Å². The third kappa shape index (κ3) is 8.11. The van der Waals surface area contributed by atoms with Gasteiger partial charge in [-0.25, -0.2) is 4.39 Å². The standard InChI is InChI=1S/C31H31ClF4N2O3/c1-41-24-8-10-29-26(18-24)25(12-14-37-29)28(33)9-5-20-13-16-38(19-22(20)6-11-30(39)40)15-2-3-21-4-7-23(17-27(21)32)31(34,35)36/h4,7-8,10,12,14,17-18,20,22,28H,5-6,9,11,13,15-16,19H2,1H3,(H,39,40)/t20-,22-,28-/m1/s1. The van der Waals surface area contributed by atoms with Gasteiger partial charge >= 0.3 is 12.1 Å². The second-order valence-corrected chi connectivity index (χ2v) is 10.7.